The van der Waals surface area contributed by atoms with E-state index in [1.54, 1.807) is 32.9 Å². The number of hydrogen-bond acceptors (Lipinski definition) is 7. The van der Waals surface area contributed by atoms with Gasteiger partial charge in [0.1, 0.15) is 23.5 Å². The van der Waals surface area contributed by atoms with Crippen molar-refractivity contribution in [3.8, 4) is 6.07 Å². The third kappa shape index (κ3) is 4.83. The fourth-order valence-corrected chi connectivity index (χ4v) is 2.58. The van der Waals surface area contributed by atoms with Crippen molar-refractivity contribution in [2.45, 2.75) is 44.9 Å². The number of rotatable bonds is 3. The summed E-state index contributed by atoms with van der Waals surface area (Å²) in [4.78, 5) is 29.9. The Morgan fingerprint density at radius 2 is 2.12 bits per heavy atom. The van der Waals surface area contributed by atoms with Crippen LogP contribution in [0.25, 0.3) is 0 Å². The summed E-state index contributed by atoms with van der Waals surface area (Å²) in [6.45, 7) is 5.59. The Labute approximate surface area is 146 Å². The van der Waals surface area contributed by atoms with Gasteiger partial charge in [-0.1, -0.05) is 0 Å². The molecule has 2 rings (SSSR count). The quantitative estimate of drug-likeness (QED) is 0.834. The van der Waals surface area contributed by atoms with E-state index in [2.05, 4.69) is 10.3 Å². The molecule has 0 saturated carbocycles. The van der Waals surface area contributed by atoms with Crippen LogP contribution in [0.4, 0.5) is 10.6 Å². The molecule has 8 heteroatoms. The van der Waals surface area contributed by atoms with Crippen molar-refractivity contribution in [3.63, 3.8) is 0 Å². The largest absolute Gasteiger partial charge is 0.467 e. The highest BCUT2D eigenvalue weighted by Gasteiger charge is 2.42. The van der Waals surface area contributed by atoms with E-state index < -0.39 is 23.7 Å². The first-order chi connectivity index (χ1) is 11.7. The monoisotopic (exact) mass is 346 g/mol. The molecule has 1 aromatic rings. The highest BCUT2D eigenvalue weighted by molar-refractivity contribution is 5.82. The molecule has 2 atom stereocenters. The Morgan fingerprint density at radius 3 is 2.64 bits per heavy atom. The summed E-state index contributed by atoms with van der Waals surface area (Å²) >= 11 is 0. The Bertz CT molecular complexity index is 675. The predicted molar refractivity (Wildman–Crippen MR) is 89.7 cm³/mol. The molecule has 1 amide bonds. The van der Waals surface area contributed by atoms with E-state index in [0.29, 0.717) is 17.8 Å². The highest BCUT2D eigenvalue weighted by Crippen LogP contribution is 2.24. The molecule has 8 nitrogen and oxygen atoms in total. The fourth-order valence-electron chi connectivity index (χ4n) is 2.58. The minimum absolute atomic E-state index is 0.183. The molecule has 1 aliphatic heterocycles. The van der Waals surface area contributed by atoms with E-state index in [1.807, 2.05) is 6.07 Å². The molecular formula is C17H22N4O4. The van der Waals surface area contributed by atoms with Crippen molar-refractivity contribution >= 4 is 17.9 Å². The zero-order chi connectivity index (χ0) is 18.6. The number of methoxy groups -OCH3 is 1. The number of ether oxygens (including phenoxy) is 2. The van der Waals surface area contributed by atoms with Gasteiger partial charge in [0.05, 0.1) is 12.7 Å². The number of likely N-dealkylation sites (tertiary alicyclic amines) is 1. The summed E-state index contributed by atoms with van der Waals surface area (Å²) in [5.41, 5.74) is -0.197. The Balaban J connectivity index is 2.10. The number of hydrogen-bond donors (Lipinski definition) is 1. The van der Waals surface area contributed by atoms with E-state index in [1.165, 1.54) is 18.2 Å². The molecule has 1 aromatic heterocycles. The van der Waals surface area contributed by atoms with Crippen molar-refractivity contribution < 1.29 is 19.1 Å². The normalized spacial score (nSPS) is 19.9. The number of amides is 1. The molecular weight excluding hydrogens is 324 g/mol. The van der Waals surface area contributed by atoms with Gasteiger partial charge in [-0.15, -0.1) is 0 Å². The van der Waals surface area contributed by atoms with Crippen LogP contribution in [0.2, 0.25) is 0 Å². The molecule has 25 heavy (non-hydrogen) atoms. The lowest BCUT2D eigenvalue weighted by molar-refractivity contribution is -0.145. The van der Waals surface area contributed by atoms with Gasteiger partial charge in [0, 0.05) is 25.2 Å². The number of anilines is 1. The van der Waals surface area contributed by atoms with Crippen molar-refractivity contribution in [3.05, 3.63) is 23.9 Å². The summed E-state index contributed by atoms with van der Waals surface area (Å²) < 4.78 is 10.2. The summed E-state index contributed by atoms with van der Waals surface area (Å²) in [7, 11) is 1.29. The molecule has 0 spiro atoms. The third-order valence-electron chi connectivity index (χ3n) is 3.65. The maximum Gasteiger partial charge on any atom is 0.411 e. The second-order valence-electron chi connectivity index (χ2n) is 6.79. The molecule has 0 unspecified atom stereocenters. The molecule has 134 valence electrons. The van der Waals surface area contributed by atoms with Gasteiger partial charge < -0.3 is 14.8 Å². The van der Waals surface area contributed by atoms with Crippen LogP contribution in [-0.4, -0.2) is 53.3 Å². The van der Waals surface area contributed by atoms with Crippen molar-refractivity contribution in [2.75, 3.05) is 19.0 Å². The SMILES string of the molecule is COC(=O)[C@@H]1C[C@@H](Nc2ccc(C#N)cn2)CN1C(=O)OC(C)(C)C. The maximum absolute atomic E-state index is 12.4. The molecule has 2 heterocycles. The lowest BCUT2D eigenvalue weighted by Gasteiger charge is -2.27. The number of pyridine rings is 1. The zero-order valence-electron chi connectivity index (χ0n) is 14.8. The number of carbonyl (C=O) groups excluding carboxylic acids is 2. The third-order valence-corrected chi connectivity index (χ3v) is 3.65. The summed E-state index contributed by atoms with van der Waals surface area (Å²) in [5.74, 6) is 0.0848. The van der Waals surface area contributed by atoms with Gasteiger partial charge in [0.25, 0.3) is 0 Å². The molecule has 1 saturated heterocycles. The second-order valence-corrected chi connectivity index (χ2v) is 6.79. The first kappa shape index (κ1) is 18.5. The molecule has 1 fully saturated rings. The van der Waals surface area contributed by atoms with Gasteiger partial charge in [-0.3, -0.25) is 4.90 Å². The molecule has 0 radical (unpaired) electrons. The van der Waals surface area contributed by atoms with Crippen molar-refractivity contribution in [1.82, 2.24) is 9.88 Å². The van der Waals surface area contributed by atoms with Crippen molar-refractivity contribution in [2.24, 2.45) is 0 Å². The number of esters is 1. The number of nitrogens with one attached hydrogen (secondary N) is 1. The molecule has 1 N–H and O–H groups in total. The molecule has 0 aliphatic carbocycles. The smallest absolute Gasteiger partial charge is 0.411 e. The van der Waals surface area contributed by atoms with Crippen LogP contribution < -0.4 is 5.32 Å². The van der Waals surface area contributed by atoms with Crippen LogP contribution in [-0.2, 0) is 14.3 Å². The lowest BCUT2D eigenvalue weighted by Crippen LogP contribution is -2.44. The standard InChI is InChI=1S/C17H22N4O4/c1-17(2,3)25-16(23)21-10-12(7-13(21)15(22)24-4)20-14-6-5-11(8-18)9-19-14/h5-6,9,12-13H,7,10H2,1-4H3,(H,19,20)/t12-,13+/m1/s1. The Hall–Kier alpha value is -2.82. The molecule has 0 bridgehead atoms. The predicted octanol–water partition coefficient (Wildman–Crippen LogP) is 1.92. The van der Waals surface area contributed by atoms with E-state index in [-0.39, 0.29) is 12.6 Å². The van der Waals surface area contributed by atoms with Crippen LogP contribution in [0.1, 0.15) is 32.8 Å². The van der Waals surface area contributed by atoms with Gasteiger partial charge in [0.15, 0.2) is 0 Å². The number of aromatic nitrogens is 1. The molecule has 0 aromatic carbocycles. The average Bonchev–Trinajstić information content (AvgIpc) is 2.97. The van der Waals surface area contributed by atoms with Crippen LogP contribution in [0.5, 0.6) is 0 Å². The number of nitrogens with zero attached hydrogens (tertiary/aromatic N) is 3. The zero-order valence-corrected chi connectivity index (χ0v) is 14.8. The summed E-state index contributed by atoms with van der Waals surface area (Å²) in [6.07, 6.45) is 1.29. The second kappa shape index (κ2) is 7.38. The summed E-state index contributed by atoms with van der Waals surface area (Å²) in [6, 6.07) is 4.43. The van der Waals surface area contributed by atoms with E-state index in [0.717, 1.165) is 0 Å². The van der Waals surface area contributed by atoms with Gasteiger partial charge >= 0.3 is 12.1 Å². The van der Waals surface area contributed by atoms with Crippen LogP contribution in [0, 0.1) is 11.3 Å². The molecule has 1 aliphatic rings. The minimum Gasteiger partial charge on any atom is -0.467 e. The van der Waals surface area contributed by atoms with Gasteiger partial charge in [0.2, 0.25) is 0 Å². The topological polar surface area (TPSA) is 105 Å². The highest BCUT2D eigenvalue weighted by atomic mass is 16.6. The van der Waals surface area contributed by atoms with Gasteiger partial charge in [-0.2, -0.15) is 5.26 Å². The van der Waals surface area contributed by atoms with Crippen LogP contribution >= 0.6 is 0 Å². The maximum atomic E-state index is 12.4. The fraction of sp³-hybridized carbons (Fsp3) is 0.529. The minimum atomic E-state index is -0.712. The Morgan fingerprint density at radius 1 is 1.40 bits per heavy atom. The number of carbonyl (C=O) groups is 2. The first-order valence-corrected chi connectivity index (χ1v) is 7.93. The first-order valence-electron chi connectivity index (χ1n) is 7.93. The van der Waals surface area contributed by atoms with Gasteiger partial charge in [-0.05, 0) is 32.9 Å². The van der Waals surface area contributed by atoms with E-state index >= 15 is 0 Å². The van der Waals surface area contributed by atoms with Crippen LogP contribution in [0.3, 0.4) is 0 Å². The lowest BCUT2D eigenvalue weighted by atomic mass is 10.1. The summed E-state index contributed by atoms with van der Waals surface area (Å²) in [5, 5.41) is 12.0. The van der Waals surface area contributed by atoms with E-state index in [9.17, 15) is 9.59 Å². The average molecular weight is 346 g/mol. The van der Waals surface area contributed by atoms with Gasteiger partial charge in [-0.25, -0.2) is 14.6 Å². The Kier molecular flexibility index (Phi) is 5.47. The number of nitriles is 1. The van der Waals surface area contributed by atoms with E-state index in [4.69, 9.17) is 14.7 Å². The van der Waals surface area contributed by atoms with Crippen LogP contribution in [0.15, 0.2) is 18.3 Å². The van der Waals surface area contributed by atoms with Crippen molar-refractivity contribution in [1.29, 1.82) is 5.26 Å².